The van der Waals surface area contributed by atoms with Gasteiger partial charge in [-0.1, -0.05) is 23.7 Å². The van der Waals surface area contributed by atoms with E-state index in [9.17, 15) is 9.59 Å². The summed E-state index contributed by atoms with van der Waals surface area (Å²) >= 11 is 6.24. The van der Waals surface area contributed by atoms with Gasteiger partial charge in [-0.2, -0.15) is 5.10 Å². The van der Waals surface area contributed by atoms with Crippen molar-refractivity contribution in [3.8, 4) is 5.75 Å². The van der Waals surface area contributed by atoms with Crippen LogP contribution >= 0.6 is 11.6 Å². The van der Waals surface area contributed by atoms with Crippen molar-refractivity contribution in [3.63, 3.8) is 0 Å². The fourth-order valence-corrected chi connectivity index (χ4v) is 2.93. The molecule has 130 valence electrons. The van der Waals surface area contributed by atoms with E-state index in [1.807, 2.05) is 12.1 Å². The molecule has 2 heterocycles. The van der Waals surface area contributed by atoms with Crippen molar-refractivity contribution in [2.75, 3.05) is 14.2 Å². The Hall–Kier alpha value is -2.80. The van der Waals surface area contributed by atoms with Crippen molar-refractivity contribution in [1.82, 2.24) is 14.3 Å². The number of hydrogen-bond acceptors (Lipinski definition) is 5. The first-order valence-corrected chi connectivity index (χ1v) is 7.81. The van der Waals surface area contributed by atoms with Crippen molar-refractivity contribution in [2.45, 2.75) is 6.54 Å². The molecular formula is C17H16ClN3O4. The van der Waals surface area contributed by atoms with E-state index in [0.717, 1.165) is 5.56 Å². The van der Waals surface area contributed by atoms with Crippen LogP contribution in [-0.2, 0) is 18.3 Å². The average Bonchev–Trinajstić information content (AvgIpc) is 3.01. The number of nitrogens with zero attached hydrogens (tertiary/aromatic N) is 3. The topological polar surface area (TPSA) is 75.3 Å². The highest BCUT2D eigenvalue weighted by Gasteiger charge is 2.24. The zero-order valence-electron chi connectivity index (χ0n) is 13.9. The van der Waals surface area contributed by atoms with Gasteiger partial charge >= 0.3 is 5.97 Å². The monoisotopic (exact) mass is 361 g/mol. The Bertz CT molecular complexity index is 1010. The molecule has 0 bridgehead atoms. The van der Waals surface area contributed by atoms with Crippen LogP contribution < -0.4 is 10.3 Å². The lowest BCUT2D eigenvalue weighted by Crippen LogP contribution is -2.28. The zero-order chi connectivity index (χ0) is 18.1. The maximum atomic E-state index is 12.9. The fraction of sp³-hybridized carbons (Fsp3) is 0.235. The van der Waals surface area contributed by atoms with Crippen LogP contribution in [0.1, 0.15) is 15.9 Å². The van der Waals surface area contributed by atoms with Gasteiger partial charge in [-0.15, -0.1) is 0 Å². The summed E-state index contributed by atoms with van der Waals surface area (Å²) in [6.07, 6.45) is 1.69. The van der Waals surface area contributed by atoms with Gasteiger partial charge in [0.2, 0.25) is 0 Å². The second-order valence-electron chi connectivity index (χ2n) is 5.46. The predicted octanol–water partition coefficient (Wildman–Crippen LogP) is 2.23. The second kappa shape index (κ2) is 6.60. The Morgan fingerprint density at radius 3 is 2.52 bits per heavy atom. The van der Waals surface area contributed by atoms with Gasteiger partial charge < -0.3 is 14.0 Å². The second-order valence-corrected chi connectivity index (χ2v) is 5.83. The average molecular weight is 362 g/mol. The van der Waals surface area contributed by atoms with Gasteiger partial charge in [0.1, 0.15) is 16.8 Å². The summed E-state index contributed by atoms with van der Waals surface area (Å²) < 4.78 is 12.8. The Kier molecular flexibility index (Phi) is 4.50. The molecule has 0 aliphatic rings. The summed E-state index contributed by atoms with van der Waals surface area (Å²) in [5.74, 6) is -0.0694. The first kappa shape index (κ1) is 17.0. The summed E-state index contributed by atoms with van der Waals surface area (Å²) in [7, 11) is 4.51. The SMILES string of the molecule is COC(=O)c1c(Cl)c2nn(C)cc2n(Cc2ccc(OC)cc2)c1=O. The summed E-state index contributed by atoms with van der Waals surface area (Å²) in [5, 5.41) is 4.26. The number of carbonyl (C=O) groups excluding carboxylic acids is 1. The number of carbonyl (C=O) groups is 1. The number of methoxy groups -OCH3 is 2. The molecule has 0 N–H and O–H groups in total. The highest BCUT2D eigenvalue weighted by Crippen LogP contribution is 2.25. The Morgan fingerprint density at radius 2 is 1.92 bits per heavy atom. The minimum atomic E-state index is -0.786. The first-order chi connectivity index (χ1) is 12.0. The molecule has 0 spiro atoms. The number of esters is 1. The molecule has 3 rings (SSSR count). The number of benzene rings is 1. The number of pyridine rings is 1. The number of ether oxygens (including phenoxy) is 2. The van der Waals surface area contributed by atoms with Crippen LogP contribution in [-0.4, -0.2) is 34.5 Å². The Balaban J connectivity index is 2.21. The molecule has 0 aliphatic carbocycles. The summed E-state index contributed by atoms with van der Waals surface area (Å²) in [5.41, 5.74) is 1.04. The molecule has 2 aromatic heterocycles. The van der Waals surface area contributed by atoms with Gasteiger partial charge in [0.05, 0.1) is 31.3 Å². The number of hydrogen-bond donors (Lipinski definition) is 0. The van der Waals surface area contributed by atoms with E-state index in [-0.39, 0.29) is 17.1 Å². The molecule has 0 amide bonds. The van der Waals surface area contributed by atoms with Gasteiger partial charge in [-0.3, -0.25) is 9.48 Å². The first-order valence-electron chi connectivity index (χ1n) is 7.43. The van der Waals surface area contributed by atoms with E-state index in [2.05, 4.69) is 5.10 Å². The quantitative estimate of drug-likeness (QED) is 0.666. The number of rotatable bonds is 4. The lowest BCUT2D eigenvalue weighted by atomic mass is 10.2. The summed E-state index contributed by atoms with van der Waals surface area (Å²) in [6, 6.07) is 7.30. The van der Waals surface area contributed by atoms with Crippen molar-refractivity contribution in [1.29, 1.82) is 0 Å². The molecule has 0 radical (unpaired) electrons. The van der Waals surface area contributed by atoms with E-state index in [1.165, 1.54) is 11.7 Å². The Labute approximate surface area is 148 Å². The minimum absolute atomic E-state index is 0.00145. The Morgan fingerprint density at radius 1 is 1.24 bits per heavy atom. The molecule has 25 heavy (non-hydrogen) atoms. The molecule has 0 aliphatic heterocycles. The van der Waals surface area contributed by atoms with E-state index in [4.69, 9.17) is 21.1 Å². The van der Waals surface area contributed by atoms with Crippen molar-refractivity contribution < 1.29 is 14.3 Å². The van der Waals surface area contributed by atoms with Gasteiger partial charge in [-0.25, -0.2) is 4.79 Å². The van der Waals surface area contributed by atoms with E-state index in [1.54, 1.807) is 37.2 Å². The number of aromatic nitrogens is 3. The van der Waals surface area contributed by atoms with Crippen molar-refractivity contribution in [3.05, 3.63) is 57.0 Å². The normalized spacial score (nSPS) is 10.9. The molecular weight excluding hydrogens is 346 g/mol. The highest BCUT2D eigenvalue weighted by molar-refractivity contribution is 6.37. The molecule has 0 atom stereocenters. The maximum absolute atomic E-state index is 12.9. The van der Waals surface area contributed by atoms with Crippen LogP contribution in [0.25, 0.3) is 11.0 Å². The lowest BCUT2D eigenvalue weighted by Gasteiger charge is -2.11. The largest absolute Gasteiger partial charge is 0.497 e. The smallest absolute Gasteiger partial charge is 0.345 e. The number of fused-ring (bicyclic) bond motifs is 1. The summed E-state index contributed by atoms with van der Waals surface area (Å²) in [4.78, 5) is 24.9. The standard InChI is InChI=1S/C17H16ClN3O4/c1-20-9-12-15(19-20)14(18)13(17(23)25-3)16(22)21(12)8-10-4-6-11(24-2)7-5-10/h4-7,9H,8H2,1-3H3. The zero-order valence-corrected chi connectivity index (χ0v) is 14.7. The number of aryl methyl sites for hydroxylation is 1. The van der Waals surface area contributed by atoms with Gasteiger partial charge in [0, 0.05) is 13.2 Å². The van der Waals surface area contributed by atoms with Crippen LogP contribution in [0.4, 0.5) is 0 Å². The van der Waals surface area contributed by atoms with Gasteiger partial charge in [0.15, 0.2) is 0 Å². The summed E-state index contributed by atoms with van der Waals surface area (Å²) in [6.45, 7) is 0.256. The third kappa shape index (κ3) is 2.98. The fourth-order valence-electron chi connectivity index (χ4n) is 2.64. The van der Waals surface area contributed by atoms with Crippen LogP contribution in [0, 0.1) is 0 Å². The van der Waals surface area contributed by atoms with Gasteiger partial charge in [0.25, 0.3) is 5.56 Å². The van der Waals surface area contributed by atoms with E-state index < -0.39 is 11.5 Å². The van der Waals surface area contributed by atoms with E-state index in [0.29, 0.717) is 16.8 Å². The third-order valence-electron chi connectivity index (χ3n) is 3.88. The molecule has 8 heteroatoms. The molecule has 0 saturated heterocycles. The van der Waals surface area contributed by atoms with Crippen LogP contribution in [0.3, 0.4) is 0 Å². The van der Waals surface area contributed by atoms with Gasteiger partial charge in [-0.05, 0) is 17.7 Å². The molecule has 0 fully saturated rings. The van der Waals surface area contributed by atoms with Crippen molar-refractivity contribution >= 4 is 28.6 Å². The van der Waals surface area contributed by atoms with E-state index >= 15 is 0 Å². The molecule has 0 saturated carbocycles. The predicted molar refractivity (Wildman–Crippen MR) is 93.4 cm³/mol. The lowest BCUT2D eigenvalue weighted by molar-refractivity contribution is 0.0598. The molecule has 1 aromatic carbocycles. The van der Waals surface area contributed by atoms with Crippen molar-refractivity contribution in [2.24, 2.45) is 7.05 Å². The number of halogens is 1. The highest BCUT2D eigenvalue weighted by atomic mass is 35.5. The van der Waals surface area contributed by atoms with Crippen LogP contribution in [0.5, 0.6) is 5.75 Å². The van der Waals surface area contributed by atoms with Crippen LogP contribution in [0.2, 0.25) is 5.02 Å². The molecule has 3 aromatic rings. The van der Waals surface area contributed by atoms with Crippen LogP contribution in [0.15, 0.2) is 35.3 Å². The maximum Gasteiger partial charge on any atom is 0.345 e. The molecule has 7 nitrogen and oxygen atoms in total. The third-order valence-corrected chi connectivity index (χ3v) is 4.24. The molecule has 0 unspecified atom stereocenters. The minimum Gasteiger partial charge on any atom is -0.497 e.